The zero-order valence-electron chi connectivity index (χ0n) is 17.9. The van der Waals surface area contributed by atoms with Crippen molar-refractivity contribution in [3.8, 4) is 0 Å². The number of thiocarbonyl (C=S) groups is 1. The molecule has 1 aromatic heterocycles. The molecule has 2 amide bonds. The first-order chi connectivity index (χ1) is 15.3. The zero-order valence-corrected chi connectivity index (χ0v) is 19.6. The van der Waals surface area contributed by atoms with Gasteiger partial charge in [-0.2, -0.15) is 0 Å². The van der Waals surface area contributed by atoms with Crippen LogP contribution < -0.4 is 11.1 Å². The van der Waals surface area contributed by atoms with Gasteiger partial charge in [-0.25, -0.2) is 0 Å². The van der Waals surface area contributed by atoms with E-state index in [2.05, 4.69) is 5.32 Å². The number of carbonyl (C=O) groups excluding carboxylic acids is 3. The van der Waals surface area contributed by atoms with Crippen molar-refractivity contribution in [3.05, 3.63) is 51.7 Å². The Kier molecular flexibility index (Phi) is 6.30. The normalized spacial score (nSPS) is 17.4. The van der Waals surface area contributed by atoms with Gasteiger partial charge in [0.1, 0.15) is 0 Å². The number of benzene rings is 1. The zero-order chi connectivity index (χ0) is 22.9. The highest BCUT2D eigenvalue weighted by atomic mass is 32.1. The molecule has 0 saturated carbocycles. The minimum absolute atomic E-state index is 0.00215. The predicted octanol–water partition coefficient (Wildman–Crippen LogP) is 3.37. The van der Waals surface area contributed by atoms with Crippen molar-refractivity contribution >= 4 is 52.0 Å². The van der Waals surface area contributed by atoms with E-state index in [1.807, 2.05) is 21.9 Å². The summed E-state index contributed by atoms with van der Waals surface area (Å²) in [5.41, 5.74) is 6.90. The highest BCUT2D eigenvalue weighted by Gasteiger charge is 2.43. The van der Waals surface area contributed by atoms with Crippen molar-refractivity contribution in [2.24, 2.45) is 11.1 Å². The first-order valence-corrected chi connectivity index (χ1v) is 11.8. The maximum Gasteiger partial charge on any atom is 0.263 e. The van der Waals surface area contributed by atoms with Crippen molar-refractivity contribution in [2.45, 2.75) is 26.2 Å². The number of hydrogen-bond donors (Lipinski definition) is 2. The monoisotopic (exact) mass is 470 g/mol. The van der Waals surface area contributed by atoms with Gasteiger partial charge in [0, 0.05) is 37.4 Å². The molecule has 9 heteroatoms. The van der Waals surface area contributed by atoms with E-state index in [4.69, 9.17) is 18.0 Å². The third-order valence-electron chi connectivity index (χ3n) is 6.38. The van der Waals surface area contributed by atoms with Crippen molar-refractivity contribution in [1.82, 2.24) is 9.80 Å². The maximum absolute atomic E-state index is 13.1. The molecule has 3 N–H and O–H groups in total. The van der Waals surface area contributed by atoms with Gasteiger partial charge in [-0.05, 0) is 74.2 Å². The first-order valence-electron chi connectivity index (χ1n) is 10.6. The van der Waals surface area contributed by atoms with Gasteiger partial charge in [0.05, 0.1) is 9.75 Å². The number of amides is 2. The van der Waals surface area contributed by atoms with Gasteiger partial charge >= 0.3 is 0 Å². The molecular weight excluding hydrogens is 444 g/mol. The largest absolute Gasteiger partial charge is 0.376 e. The van der Waals surface area contributed by atoms with Gasteiger partial charge in [-0.3, -0.25) is 14.4 Å². The average Bonchev–Trinajstić information content (AvgIpc) is 3.41. The Morgan fingerprint density at radius 1 is 1.00 bits per heavy atom. The van der Waals surface area contributed by atoms with Gasteiger partial charge in [-0.1, -0.05) is 6.07 Å². The first kappa shape index (κ1) is 22.4. The summed E-state index contributed by atoms with van der Waals surface area (Å²) in [5.74, 6) is -0.0258. The number of carbonyl (C=O) groups is 3. The van der Waals surface area contributed by atoms with Gasteiger partial charge in [0.15, 0.2) is 10.9 Å². The molecule has 0 bridgehead atoms. The van der Waals surface area contributed by atoms with Crippen LogP contribution >= 0.6 is 23.6 Å². The van der Waals surface area contributed by atoms with Crippen molar-refractivity contribution < 1.29 is 14.4 Å². The van der Waals surface area contributed by atoms with E-state index < -0.39 is 0 Å². The van der Waals surface area contributed by atoms with Crippen molar-refractivity contribution in [2.75, 3.05) is 31.5 Å². The lowest BCUT2D eigenvalue weighted by Gasteiger charge is -2.39. The van der Waals surface area contributed by atoms with Crippen molar-refractivity contribution in [1.29, 1.82) is 0 Å². The Morgan fingerprint density at radius 3 is 2.28 bits per heavy atom. The van der Waals surface area contributed by atoms with Gasteiger partial charge < -0.3 is 20.9 Å². The average molecular weight is 471 g/mol. The summed E-state index contributed by atoms with van der Waals surface area (Å²) in [5, 5.41) is 3.03. The third-order valence-corrected chi connectivity index (χ3v) is 7.65. The summed E-state index contributed by atoms with van der Waals surface area (Å²) in [4.78, 5) is 42.4. The van der Waals surface area contributed by atoms with Gasteiger partial charge in [0.25, 0.3) is 11.8 Å². The Morgan fingerprint density at radius 2 is 1.66 bits per heavy atom. The second-order valence-corrected chi connectivity index (χ2v) is 10.1. The highest BCUT2D eigenvalue weighted by molar-refractivity contribution is 7.80. The molecule has 0 unspecified atom stereocenters. The van der Waals surface area contributed by atoms with E-state index in [0.717, 1.165) is 19.3 Å². The van der Waals surface area contributed by atoms with E-state index in [1.54, 1.807) is 24.3 Å². The standard InChI is InChI=1S/C23H26N4O3S2/c1-15(28)18-5-6-19(32-18)21(30)26-10-7-23(8-11-26)9-12-27(14-23)20(29)16-3-2-4-17(13-16)25-22(24)31/h2-6,13H,7-12,14H2,1H3,(H3,24,25,31). The topological polar surface area (TPSA) is 95.7 Å². The fourth-order valence-electron chi connectivity index (χ4n) is 4.55. The molecule has 1 aromatic carbocycles. The smallest absolute Gasteiger partial charge is 0.263 e. The summed E-state index contributed by atoms with van der Waals surface area (Å²) in [7, 11) is 0. The molecule has 168 valence electrons. The van der Waals surface area contributed by atoms with Crippen LogP contribution in [-0.4, -0.2) is 58.7 Å². The molecule has 7 nitrogen and oxygen atoms in total. The van der Waals surface area contributed by atoms with Crippen LogP contribution in [0.5, 0.6) is 0 Å². The lowest BCUT2D eigenvalue weighted by atomic mass is 9.77. The van der Waals surface area contributed by atoms with E-state index in [1.165, 1.54) is 18.3 Å². The lowest BCUT2D eigenvalue weighted by molar-refractivity contribution is 0.0569. The second-order valence-electron chi connectivity index (χ2n) is 8.56. The predicted molar refractivity (Wildman–Crippen MR) is 129 cm³/mol. The number of thiophene rings is 1. The fourth-order valence-corrected chi connectivity index (χ4v) is 5.54. The van der Waals surface area contributed by atoms with Crippen LogP contribution in [0, 0.1) is 5.41 Å². The van der Waals surface area contributed by atoms with E-state index in [-0.39, 0.29) is 28.1 Å². The molecule has 32 heavy (non-hydrogen) atoms. The number of nitrogens with two attached hydrogens (primary N) is 1. The minimum Gasteiger partial charge on any atom is -0.376 e. The molecule has 1 spiro atoms. The third kappa shape index (κ3) is 4.68. The number of hydrogen-bond acceptors (Lipinski definition) is 5. The molecule has 0 radical (unpaired) electrons. The van der Waals surface area contributed by atoms with Gasteiger partial charge in [0.2, 0.25) is 0 Å². The molecule has 2 aliphatic heterocycles. The van der Waals surface area contributed by atoms with Crippen LogP contribution in [0.2, 0.25) is 0 Å². The number of nitrogens with one attached hydrogen (secondary N) is 1. The number of likely N-dealkylation sites (tertiary alicyclic amines) is 2. The number of rotatable bonds is 4. The summed E-state index contributed by atoms with van der Waals surface area (Å²) in [6, 6.07) is 10.7. The molecular formula is C23H26N4O3S2. The summed E-state index contributed by atoms with van der Waals surface area (Å²) in [6.45, 7) is 4.27. The number of ketones is 1. The molecule has 4 rings (SSSR count). The van der Waals surface area contributed by atoms with Gasteiger partial charge in [-0.15, -0.1) is 11.3 Å². The van der Waals surface area contributed by atoms with Crippen LogP contribution in [0.15, 0.2) is 36.4 Å². The number of piperidine rings is 1. The SMILES string of the molecule is CC(=O)c1ccc(C(=O)N2CCC3(CCN(C(=O)c4cccc(NC(N)=S)c4)C3)CC2)s1. The number of Topliss-reactive ketones (excluding diaryl/α,β-unsaturated/α-hetero) is 1. The second kappa shape index (κ2) is 8.99. The van der Waals surface area contributed by atoms with E-state index in [0.29, 0.717) is 47.2 Å². The molecule has 2 fully saturated rings. The molecule has 0 aliphatic carbocycles. The molecule has 2 aromatic rings. The minimum atomic E-state index is -0.0191. The summed E-state index contributed by atoms with van der Waals surface area (Å²) < 4.78 is 0. The fraction of sp³-hybridized carbons (Fsp3) is 0.391. The highest BCUT2D eigenvalue weighted by Crippen LogP contribution is 2.41. The van der Waals surface area contributed by atoms with Crippen LogP contribution in [0.25, 0.3) is 0 Å². The molecule has 2 saturated heterocycles. The Labute approximate surface area is 196 Å². The Hall–Kier alpha value is -2.78. The van der Waals surface area contributed by atoms with E-state index in [9.17, 15) is 14.4 Å². The number of nitrogens with zero attached hydrogens (tertiary/aromatic N) is 2. The molecule has 0 atom stereocenters. The Bertz CT molecular complexity index is 1070. The summed E-state index contributed by atoms with van der Waals surface area (Å²) in [6.07, 6.45) is 2.69. The summed E-state index contributed by atoms with van der Waals surface area (Å²) >= 11 is 6.13. The maximum atomic E-state index is 13.1. The lowest BCUT2D eigenvalue weighted by Crippen LogP contribution is -2.44. The Balaban J connectivity index is 1.36. The van der Waals surface area contributed by atoms with Crippen LogP contribution in [0.1, 0.15) is 55.9 Å². The molecule has 3 heterocycles. The van der Waals surface area contributed by atoms with Crippen LogP contribution in [0.3, 0.4) is 0 Å². The molecule has 2 aliphatic rings. The quantitative estimate of drug-likeness (QED) is 0.525. The van der Waals surface area contributed by atoms with Crippen LogP contribution in [0.4, 0.5) is 5.69 Å². The van der Waals surface area contributed by atoms with Crippen LogP contribution in [-0.2, 0) is 0 Å². The number of anilines is 1. The van der Waals surface area contributed by atoms with Crippen molar-refractivity contribution in [3.63, 3.8) is 0 Å². The van der Waals surface area contributed by atoms with E-state index >= 15 is 0 Å².